The molecule has 1 rings (SSSR count). The number of nitrogens with zero attached hydrogens (tertiary/aromatic N) is 1. The lowest BCUT2D eigenvalue weighted by atomic mass is 10.0. The molecule has 1 heterocycles. The number of hydrogen-bond donors (Lipinski definition) is 0. The number of carbonyl (C=O) groups excluding carboxylic acids is 2. The third kappa shape index (κ3) is 2.62. The Morgan fingerprint density at radius 3 is 2.47 bits per heavy atom. The molecule has 0 spiro atoms. The Morgan fingerprint density at radius 1 is 1.40 bits per heavy atom. The maximum Gasteiger partial charge on any atom is 0.322 e. The van der Waals surface area contributed by atoms with Crippen LogP contribution in [0.2, 0.25) is 0 Å². The molecule has 15 heavy (non-hydrogen) atoms. The number of Topliss-reactive ketones (excluding diaryl/α,β-unsaturated/α-hetero) is 1. The van der Waals surface area contributed by atoms with Gasteiger partial charge in [0.25, 0.3) is 0 Å². The fourth-order valence-electron chi connectivity index (χ4n) is 1.26. The molecule has 0 aliphatic carbocycles. The summed E-state index contributed by atoms with van der Waals surface area (Å²) in [6.45, 7) is 3.24. The zero-order valence-electron chi connectivity index (χ0n) is 8.98. The Bertz CT molecular complexity index is 370. The van der Waals surface area contributed by atoms with Gasteiger partial charge in [0.2, 0.25) is 0 Å². The van der Waals surface area contributed by atoms with Crippen molar-refractivity contribution in [1.29, 1.82) is 0 Å². The standard InChI is InChI=1S/C11H13NO3/c1-7-4-5-9(12-6-7)10(8(2)13)11(14)15-3/h4-6,10H,1-3H3. The van der Waals surface area contributed by atoms with Crippen LogP contribution < -0.4 is 0 Å². The van der Waals surface area contributed by atoms with Crippen LogP contribution in [0, 0.1) is 6.92 Å². The Kier molecular flexibility index (Phi) is 3.55. The molecule has 0 aromatic carbocycles. The average molecular weight is 207 g/mol. The molecular weight excluding hydrogens is 194 g/mol. The third-order valence-electron chi connectivity index (χ3n) is 2.07. The second kappa shape index (κ2) is 4.68. The molecule has 0 fully saturated rings. The maximum absolute atomic E-state index is 11.4. The number of carbonyl (C=O) groups is 2. The van der Waals surface area contributed by atoms with E-state index in [9.17, 15) is 9.59 Å². The minimum atomic E-state index is -0.907. The van der Waals surface area contributed by atoms with E-state index >= 15 is 0 Å². The highest BCUT2D eigenvalue weighted by Crippen LogP contribution is 2.16. The lowest BCUT2D eigenvalue weighted by Gasteiger charge is -2.10. The van der Waals surface area contributed by atoms with Crippen molar-refractivity contribution in [3.05, 3.63) is 29.6 Å². The number of esters is 1. The Hall–Kier alpha value is -1.71. The van der Waals surface area contributed by atoms with E-state index in [2.05, 4.69) is 9.72 Å². The summed E-state index contributed by atoms with van der Waals surface area (Å²) in [5, 5.41) is 0. The monoisotopic (exact) mass is 207 g/mol. The molecule has 0 radical (unpaired) electrons. The number of aromatic nitrogens is 1. The van der Waals surface area contributed by atoms with Gasteiger partial charge in [0.1, 0.15) is 5.78 Å². The van der Waals surface area contributed by atoms with Gasteiger partial charge < -0.3 is 4.74 Å². The van der Waals surface area contributed by atoms with Crippen molar-refractivity contribution >= 4 is 11.8 Å². The highest BCUT2D eigenvalue weighted by Gasteiger charge is 2.27. The van der Waals surface area contributed by atoms with Gasteiger partial charge in [-0.3, -0.25) is 14.6 Å². The lowest BCUT2D eigenvalue weighted by molar-refractivity contribution is -0.145. The highest BCUT2D eigenvalue weighted by atomic mass is 16.5. The molecule has 1 atom stereocenters. The summed E-state index contributed by atoms with van der Waals surface area (Å²) in [5.41, 5.74) is 1.41. The zero-order chi connectivity index (χ0) is 11.4. The smallest absolute Gasteiger partial charge is 0.322 e. The van der Waals surface area contributed by atoms with Gasteiger partial charge in [0.15, 0.2) is 5.92 Å². The molecule has 0 saturated carbocycles. The van der Waals surface area contributed by atoms with Gasteiger partial charge >= 0.3 is 5.97 Å². The van der Waals surface area contributed by atoms with Crippen LogP contribution in [-0.4, -0.2) is 23.8 Å². The summed E-state index contributed by atoms with van der Waals surface area (Å²) in [5.74, 6) is -1.74. The van der Waals surface area contributed by atoms with Crippen molar-refractivity contribution < 1.29 is 14.3 Å². The van der Waals surface area contributed by atoms with E-state index in [0.29, 0.717) is 5.69 Å². The first-order valence-corrected chi connectivity index (χ1v) is 4.57. The molecule has 4 heteroatoms. The van der Waals surface area contributed by atoms with Gasteiger partial charge in [-0.1, -0.05) is 6.07 Å². The van der Waals surface area contributed by atoms with Crippen LogP contribution >= 0.6 is 0 Å². The Morgan fingerprint density at radius 2 is 2.07 bits per heavy atom. The van der Waals surface area contributed by atoms with Crippen molar-refractivity contribution in [2.75, 3.05) is 7.11 Å². The molecule has 1 unspecified atom stereocenters. The lowest BCUT2D eigenvalue weighted by Crippen LogP contribution is -2.22. The topological polar surface area (TPSA) is 56.3 Å². The van der Waals surface area contributed by atoms with Crippen molar-refractivity contribution in [3.8, 4) is 0 Å². The number of ketones is 1. The number of hydrogen-bond acceptors (Lipinski definition) is 4. The van der Waals surface area contributed by atoms with Gasteiger partial charge in [0, 0.05) is 6.20 Å². The first-order chi connectivity index (χ1) is 7.06. The second-order valence-corrected chi connectivity index (χ2v) is 3.33. The SMILES string of the molecule is COC(=O)C(C(C)=O)c1ccc(C)cn1. The van der Waals surface area contributed by atoms with E-state index in [0.717, 1.165) is 5.56 Å². The molecule has 1 aromatic rings. The number of aryl methyl sites for hydroxylation is 1. The predicted molar refractivity (Wildman–Crippen MR) is 54.4 cm³/mol. The second-order valence-electron chi connectivity index (χ2n) is 3.33. The fraction of sp³-hybridized carbons (Fsp3) is 0.364. The molecule has 0 aliphatic heterocycles. The summed E-state index contributed by atoms with van der Waals surface area (Å²) < 4.78 is 4.56. The fourth-order valence-corrected chi connectivity index (χ4v) is 1.26. The normalized spacial score (nSPS) is 11.9. The molecule has 0 bridgehead atoms. The minimum Gasteiger partial charge on any atom is -0.468 e. The van der Waals surface area contributed by atoms with Gasteiger partial charge in [0.05, 0.1) is 12.8 Å². The average Bonchev–Trinajstić information content (AvgIpc) is 2.20. The molecule has 4 nitrogen and oxygen atoms in total. The summed E-state index contributed by atoms with van der Waals surface area (Å²) in [6, 6.07) is 3.47. The zero-order valence-corrected chi connectivity index (χ0v) is 8.98. The molecule has 0 saturated heterocycles. The first-order valence-electron chi connectivity index (χ1n) is 4.57. The number of rotatable bonds is 3. The molecule has 1 aromatic heterocycles. The Balaban J connectivity index is 3.04. The van der Waals surface area contributed by atoms with Crippen molar-refractivity contribution in [1.82, 2.24) is 4.98 Å². The largest absolute Gasteiger partial charge is 0.468 e. The van der Waals surface area contributed by atoms with E-state index in [1.165, 1.54) is 14.0 Å². The van der Waals surface area contributed by atoms with E-state index < -0.39 is 11.9 Å². The van der Waals surface area contributed by atoms with Crippen LogP contribution in [0.15, 0.2) is 18.3 Å². The number of pyridine rings is 1. The summed E-state index contributed by atoms with van der Waals surface area (Å²) in [7, 11) is 1.26. The maximum atomic E-state index is 11.4. The first kappa shape index (κ1) is 11.4. The molecule has 0 aliphatic rings. The Labute approximate surface area is 88.3 Å². The minimum absolute atomic E-state index is 0.266. The molecular formula is C11H13NO3. The van der Waals surface area contributed by atoms with E-state index in [-0.39, 0.29) is 5.78 Å². The predicted octanol–water partition coefficient (Wildman–Crippen LogP) is 1.24. The van der Waals surface area contributed by atoms with Crippen LogP contribution in [0.3, 0.4) is 0 Å². The van der Waals surface area contributed by atoms with E-state index in [1.54, 1.807) is 18.3 Å². The molecule has 0 N–H and O–H groups in total. The van der Waals surface area contributed by atoms with Gasteiger partial charge in [-0.2, -0.15) is 0 Å². The third-order valence-corrected chi connectivity index (χ3v) is 2.07. The van der Waals surface area contributed by atoms with Crippen molar-refractivity contribution in [2.24, 2.45) is 0 Å². The summed E-state index contributed by atoms with van der Waals surface area (Å²) >= 11 is 0. The van der Waals surface area contributed by atoms with Crippen molar-refractivity contribution in [3.63, 3.8) is 0 Å². The quantitative estimate of drug-likeness (QED) is 0.552. The van der Waals surface area contributed by atoms with Gasteiger partial charge in [-0.25, -0.2) is 0 Å². The highest BCUT2D eigenvalue weighted by molar-refractivity contribution is 6.02. The number of methoxy groups -OCH3 is 1. The summed E-state index contributed by atoms with van der Waals surface area (Å²) in [6.07, 6.45) is 1.62. The van der Waals surface area contributed by atoms with Crippen molar-refractivity contribution in [2.45, 2.75) is 19.8 Å². The van der Waals surface area contributed by atoms with Gasteiger partial charge in [-0.15, -0.1) is 0 Å². The van der Waals surface area contributed by atoms with Crippen LogP contribution in [0.25, 0.3) is 0 Å². The summed E-state index contributed by atoms with van der Waals surface area (Å²) in [4.78, 5) is 26.7. The van der Waals surface area contributed by atoms with Crippen LogP contribution in [0.4, 0.5) is 0 Å². The molecule has 0 amide bonds. The number of ether oxygens (including phenoxy) is 1. The van der Waals surface area contributed by atoms with Crippen LogP contribution in [0.1, 0.15) is 24.1 Å². The van der Waals surface area contributed by atoms with E-state index in [4.69, 9.17) is 0 Å². The van der Waals surface area contributed by atoms with E-state index in [1.807, 2.05) is 6.92 Å². The van der Waals surface area contributed by atoms with Crippen LogP contribution in [0.5, 0.6) is 0 Å². The molecule has 80 valence electrons. The van der Waals surface area contributed by atoms with Crippen LogP contribution in [-0.2, 0) is 14.3 Å². The van der Waals surface area contributed by atoms with Gasteiger partial charge in [-0.05, 0) is 25.5 Å².